The highest BCUT2D eigenvalue weighted by molar-refractivity contribution is 5.28. The third kappa shape index (κ3) is 5.03. The zero-order chi connectivity index (χ0) is 15.3. The van der Waals surface area contributed by atoms with E-state index in [1.54, 1.807) is 0 Å². The second-order valence-electron chi connectivity index (χ2n) is 7.38. The first-order valence-corrected chi connectivity index (χ1v) is 8.44. The third-order valence-electron chi connectivity index (χ3n) is 4.76. The van der Waals surface area contributed by atoms with Crippen molar-refractivity contribution in [1.29, 1.82) is 0 Å². The Labute approximate surface area is 130 Å². The number of hydrogen-bond acceptors (Lipinski definition) is 2. The molecule has 21 heavy (non-hydrogen) atoms. The Morgan fingerprint density at radius 2 is 1.86 bits per heavy atom. The minimum Gasteiger partial charge on any atom is -0.494 e. The second kappa shape index (κ2) is 7.31. The molecule has 0 heterocycles. The van der Waals surface area contributed by atoms with Gasteiger partial charge in [0.2, 0.25) is 0 Å². The predicted molar refractivity (Wildman–Crippen MR) is 89.7 cm³/mol. The molecular formula is C19H31NO. The van der Waals surface area contributed by atoms with Gasteiger partial charge >= 0.3 is 0 Å². The van der Waals surface area contributed by atoms with E-state index in [0.29, 0.717) is 11.5 Å². The van der Waals surface area contributed by atoms with E-state index in [0.717, 1.165) is 24.8 Å². The molecule has 1 aromatic carbocycles. The minimum absolute atomic E-state index is 0.469. The monoisotopic (exact) mass is 289 g/mol. The Hall–Kier alpha value is -1.02. The SMILES string of the molecule is CCOc1cccc(CNC2CCC(C(C)(C)C)CC2)c1. The van der Waals surface area contributed by atoms with Crippen LogP contribution in [0.5, 0.6) is 5.75 Å². The van der Waals surface area contributed by atoms with E-state index in [1.165, 1.54) is 31.2 Å². The number of rotatable bonds is 5. The molecule has 0 unspecified atom stereocenters. The van der Waals surface area contributed by atoms with Gasteiger partial charge in [-0.15, -0.1) is 0 Å². The Morgan fingerprint density at radius 3 is 2.48 bits per heavy atom. The zero-order valence-electron chi connectivity index (χ0n) is 14.1. The molecule has 2 nitrogen and oxygen atoms in total. The van der Waals surface area contributed by atoms with Crippen molar-refractivity contribution in [3.05, 3.63) is 29.8 Å². The summed E-state index contributed by atoms with van der Waals surface area (Å²) in [6.07, 6.45) is 5.35. The Kier molecular flexibility index (Phi) is 5.69. The number of nitrogens with one attached hydrogen (secondary N) is 1. The van der Waals surface area contributed by atoms with Crippen LogP contribution in [0.2, 0.25) is 0 Å². The maximum Gasteiger partial charge on any atom is 0.119 e. The Bertz CT molecular complexity index is 427. The van der Waals surface area contributed by atoms with Crippen LogP contribution in [0.15, 0.2) is 24.3 Å². The molecule has 118 valence electrons. The van der Waals surface area contributed by atoms with Crippen LogP contribution in [0.1, 0.15) is 58.9 Å². The molecule has 1 N–H and O–H groups in total. The normalized spacial score (nSPS) is 23.0. The summed E-state index contributed by atoms with van der Waals surface area (Å²) in [4.78, 5) is 0. The lowest BCUT2D eigenvalue weighted by Gasteiger charge is -2.37. The van der Waals surface area contributed by atoms with E-state index >= 15 is 0 Å². The van der Waals surface area contributed by atoms with Crippen LogP contribution in [0.25, 0.3) is 0 Å². The van der Waals surface area contributed by atoms with Gasteiger partial charge in [-0.25, -0.2) is 0 Å². The lowest BCUT2D eigenvalue weighted by atomic mass is 9.71. The Balaban J connectivity index is 1.78. The van der Waals surface area contributed by atoms with Gasteiger partial charge in [-0.1, -0.05) is 32.9 Å². The van der Waals surface area contributed by atoms with E-state index in [9.17, 15) is 0 Å². The maximum absolute atomic E-state index is 5.56. The fourth-order valence-corrected chi connectivity index (χ4v) is 3.34. The molecule has 0 aliphatic heterocycles. The average molecular weight is 289 g/mol. The van der Waals surface area contributed by atoms with Crippen molar-refractivity contribution in [1.82, 2.24) is 5.32 Å². The first-order valence-electron chi connectivity index (χ1n) is 8.44. The Morgan fingerprint density at radius 1 is 1.14 bits per heavy atom. The number of ether oxygens (including phenoxy) is 1. The lowest BCUT2D eigenvalue weighted by Crippen LogP contribution is -2.35. The highest BCUT2D eigenvalue weighted by atomic mass is 16.5. The average Bonchev–Trinajstić information content (AvgIpc) is 2.45. The van der Waals surface area contributed by atoms with Crippen LogP contribution in [0, 0.1) is 11.3 Å². The van der Waals surface area contributed by atoms with Gasteiger partial charge in [0, 0.05) is 12.6 Å². The maximum atomic E-state index is 5.56. The summed E-state index contributed by atoms with van der Waals surface area (Å²) in [6.45, 7) is 10.8. The fraction of sp³-hybridized carbons (Fsp3) is 0.684. The molecule has 0 amide bonds. The molecule has 1 aromatic rings. The second-order valence-corrected chi connectivity index (χ2v) is 7.38. The van der Waals surface area contributed by atoms with Gasteiger partial charge in [0.1, 0.15) is 5.75 Å². The van der Waals surface area contributed by atoms with Crippen molar-refractivity contribution in [2.75, 3.05) is 6.61 Å². The molecule has 2 heteroatoms. The topological polar surface area (TPSA) is 21.3 Å². The van der Waals surface area contributed by atoms with Crippen LogP contribution in [-0.4, -0.2) is 12.6 Å². The van der Waals surface area contributed by atoms with Crippen LogP contribution in [0.4, 0.5) is 0 Å². The molecule has 0 radical (unpaired) electrons. The first kappa shape index (κ1) is 16.4. The van der Waals surface area contributed by atoms with Crippen molar-refractivity contribution in [3.8, 4) is 5.75 Å². The van der Waals surface area contributed by atoms with Crippen molar-refractivity contribution >= 4 is 0 Å². The van der Waals surface area contributed by atoms with Crippen molar-refractivity contribution in [3.63, 3.8) is 0 Å². The zero-order valence-corrected chi connectivity index (χ0v) is 14.1. The van der Waals surface area contributed by atoms with Gasteiger partial charge < -0.3 is 10.1 Å². The highest BCUT2D eigenvalue weighted by Crippen LogP contribution is 2.37. The molecule has 2 rings (SSSR count). The molecule has 1 aliphatic rings. The van der Waals surface area contributed by atoms with Crippen molar-refractivity contribution in [2.45, 2.75) is 66.0 Å². The number of benzene rings is 1. The van der Waals surface area contributed by atoms with Crippen LogP contribution < -0.4 is 10.1 Å². The first-order chi connectivity index (χ1) is 9.99. The fourth-order valence-electron chi connectivity index (χ4n) is 3.34. The molecule has 1 aliphatic carbocycles. The summed E-state index contributed by atoms with van der Waals surface area (Å²) in [5.74, 6) is 1.87. The molecule has 1 saturated carbocycles. The van der Waals surface area contributed by atoms with E-state index in [1.807, 2.05) is 13.0 Å². The summed E-state index contributed by atoms with van der Waals surface area (Å²) in [5, 5.41) is 3.72. The van der Waals surface area contributed by atoms with Gasteiger partial charge in [-0.3, -0.25) is 0 Å². The van der Waals surface area contributed by atoms with E-state index < -0.39 is 0 Å². The van der Waals surface area contributed by atoms with Gasteiger partial charge in [0.25, 0.3) is 0 Å². The van der Waals surface area contributed by atoms with E-state index in [-0.39, 0.29) is 0 Å². The van der Waals surface area contributed by atoms with Gasteiger partial charge in [-0.2, -0.15) is 0 Å². The summed E-state index contributed by atoms with van der Waals surface area (Å²) < 4.78 is 5.56. The van der Waals surface area contributed by atoms with Gasteiger partial charge in [-0.05, 0) is 61.6 Å². The van der Waals surface area contributed by atoms with Crippen LogP contribution >= 0.6 is 0 Å². The smallest absolute Gasteiger partial charge is 0.119 e. The standard InChI is InChI=1S/C19H31NO/c1-5-21-18-8-6-7-15(13-18)14-20-17-11-9-16(10-12-17)19(2,3)4/h6-8,13,16-17,20H,5,9-12,14H2,1-4H3. The minimum atomic E-state index is 0.469. The summed E-state index contributed by atoms with van der Waals surface area (Å²) in [5.41, 5.74) is 1.79. The summed E-state index contributed by atoms with van der Waals surface area (Å²) >= 11 is 0. The predicted octanol–water partition coefficient (Wildman–Crippen LogP) is 4.78. The quantitative estimate of drug-likeness (QED) is 0.842. The van der Waals surface area contributed by atoms with Gasteiger partial charge in [0.15, 0.2) is 0 Å². The molecular weight excluding hydrogens is 258 g/mol. The molecule has 0 spiro atoms. The van der Waals surface area contributed by atoms with Crippen molar-refractivity contribution in [2.24, 2.45) is 11.3 Å². The summed E-state index contributed by atoms with van der Waals surface area (Å²) in [6, 6.07) is 9.12. The highest BCUT2D eigenvalue weighted by Gasteiger charge is 2.29. The molecule has 0 aromatic heterocycles. The lowest BCUT2D eigenvalue weighted by molar-refractivity contribution is 0.160. The number of hydrogen-bond donors (Lipinski definition) is 1. The van der Waals surface area contributed by atoms with Crippen LogP contribution in [0.3, 0.4) is 0 Å². The molecule has 1 fully saturated rings. The molecule has 0 atom stereocenters. The van der Waals surface area contributed by atoms with Gasteiger partial charge in [0.05, 0.1) is 6.61 Å². The summed E-state index contributed by atoms with van der Waals surface area (Å²) in [7, 11) is 0. The largest absolute Gasteiger partial charge is 0.494 e. The van der Waals surface area contributed by atoms with Crippen molar-refractivity contribution < 1.29 is 4.74 Å². The van der Waals surface area contributed by atoms with Crippen LogP contribution in [-0.2, 0) is 6.54 Å². The van der Waals surface area contributed by atoms with E-state index in [2.05, 4.69) is 44.3 Å². The third-order valence-corrected chi connectivity index (χ3v) is 4.76. The molecule has 0 saturated heterocycles. The molecule has 0 bridgehead atoms. The van der Waals surface area contributed by atoms with E-state index in [4.69, 9.17) is 4.74 Å².